The Bertz CT molecular complexity index is 951. The van der Waals surface area contributed by atoms with Gasteiger partial charge in [-0.2, -0.15) is 17.5 Å². The molecule has 2 saturated carbocycles. The van der Waals surface area contributed by atoms with Crippen LogP contribution >= 0.6 is 0 Å². The maximum absolute atomic E-state index is 13.2. The van der Waals surface area contributed by atoms with Crippen molar-refractivity contribution >= 4 is 15.8 Å². The molecule has 2 bridgehead atoms. The summed E-state index contributed by atoms with van der Waals surface area (Å²) in [5.74, 6) is 0.260. The molecular formula is C22H29F3N2O3S. The molecule has 0 amide bonds. The third-order valence-corrected chi connectivity index (χ3v) is 9.99. The topological polar surface area (TPSA) is 57.7 Å². The van der Waals surface area contributed by atoms with E-state index in [2.05, 4.69) is 0 Å². The number of carbonyl (C=O) groups excluding carboxylic acids is 1. The summed E-state index contributed by atoms with van der Waals surface area (Å²) in [6, 6.07) is 5.08. The molecule has 3 aliphatic rings. The molecule has 2 atom stereocenters. The molecule has 1 aliphatic heterocycles. The lowest BCUT2D eigenvalue weighted by Crippen LogP contribution is -2.52. The van der Waals surface area contributed by atoms with Crippen molar-refractivity contribution in [3.8, 4) is 0 Å². The van der Waals surface area contributed by atoms with Crippen LogP contribution in [-0.2, 0) is 27.5 Å². The number of hydrogen-bond acceptors (Lipinski definition) is 4. The van der Waals surface area contributed by atoms with Gasteiger partial charge in [0.1, 0.15) is 5.78 Å². The number of rotatable bonds is 5. The highest BCUT2D eigenvalue weighted by Crippen LogP contribution is 2.64. The van der Waals surface area contributed by atoms with Gasteiger partial charge in [-0.25, -0.2) is 8.42 Å². The van der Waals surface area contributed by atoms with Gasteiger partial charge in [-0.15, -0.1) is 0 Å². The summed E-state index contributed by atoms with van der Waals surface area (Å²) < 4.78 is 66.0. The first-order valence-corrected chi connectivity index (χ1v) is 12.4. The number of carbonyl (C=O) groups is 1. The Hall–Kier alpha value is -1.45. The number of Topliss-reactive ketones (excluding diaryl/α,β-unsaturated/α-hetero) is 1. The van der Waals surface area contributed by atoms with Crippen molar-refractivity contribution in [1.29, 1.82) is 0 Å². The van der Waals surface area contributed by atoms with E-state index in [4.69, 9.17) is 0 Å². The second-order valence-electron chi connectivity index (χ2n) is 9.79. The van der Waals surface area contributed by atoms with E-state index < -0.39 is 27.2 Å². The lowest BCUT2D eigenvalue weighted by Gasteiger charge is -2.39. The Balaban J connectivity index is 1.37. The van der Waals surface area contributed by atoms with Crippen LogP contribution < -0.4 is 0 Å². The number of benzene rings is 1. The summed E-state index contributed by atoms with van der Waals surface area (Å²) in [7, 11) is -3.57. The van der Waals surface area contributed by atoms with Crippen molar-refractivity contribution in [3.63, 3.8) is 0 Å². The maximum Gasteiger partial charge on any atom is 0.416 e. The van der Waals surface area contributed by atoms with Gasteiger partial charge in [0.15, 0.2) is 0 Å². The second-order valence-corrected chi connectivity index (χ2v) is 11.8. The fourth-order valence-corrected chi connectivity index (χ4v) is 7.94. The highest BCUT2D eigenvalue weighted by molar-refractivity contribution is 7.89. The zero-order valence-electron chi connectivity index (χ0n) is 17.9. The van der Waals surface area contributed by atoms with Crippen LogP contribution in [0.1, 0.15) is 44.2 Å². The summed E-state index contributed by atoms with van der Waals surface area (Å²) >= 11 is 0. The average Bonchev–Trinajstić information content (AvgIpc) is 3.02. The van der Waals surface area contributed by atoms with E-state index in [0.29, 0.717) is 45.6 Å². The van der Waals surface area contributed by atoms with E-state index in [1.165, 1.54) is 16.4 Å². The molecular weight excluding hydrogens is 429 g/mol. The first-order chi connectivity index (χ1) is 14.3. The molecule has 172 valence electrons. The van der Waals surface area contributed by atoms with Crippen molar-refractivity contribution < 1.29 is 26.4 Å². The molecule has 2 unspecified atom stereocenters. The molecule has 1 aromatic carbocycles. The first kappa shape index (κ1) is 22.7. The van der Waals surface area contributed by atoms with Crippen LogP contribution in [0.3, 0.4) is 0 Å². The Kier molecular flexibility index (Phi) is 5.54. The minimum atomic E-state index is -4.35. The van der Waals surface area contributed by atoms with Gasteiger partial charge in [0.25, 0.3) is 0 Å². The van der Waals surface area contributed by atoms with Crippen LogP contribution in [0.5, 0.6) is 0 Å². The van der Waals surface area contributed by atoms with Crippen LogP contribution in [0.4, 0.5) is 13.2 Å². The molecule has 0 radical (unpaired) electrons. The van der Waals surface area contributed by atoms with E-state index in [1.807, 2.05) is 18.7 Å². The van der Waals surface area contributed by atoms with Gasteiger partial charge in [-0.05, 0) is 41.9 Å². The van der Waals surface area contributed by atoms with Gasteiger partial charge in [0.05, 0.1) is 11.3 Å². The Labute approximate surface area is 181 Å². The third-order valence-electron chi connectivity index (χ3n) is 7.98. The number of nitrogens with zero attached hydrogens (tertiary/aromatic N) is 2. The monoisotopic (exact) mass is 458 g/mol. The largest absolute Gasteiger partial charge is 0.416 e. The Morgan fingerprint density at radius 2 is 1.68 bits per heavy atom. The van der Waals surface area contributed by atoms with E-state index in [-0.39, 0.29) is 22.9 Å². The van der Waals surface area contributed by atoms with Crippen molar-refractivity contribution in [1.82, 2.24) is 9.21 Å². The van der Waals surface area contributed by atoms with Crippen molar-refractivity contribution in [2.24, 2.45) is 16.7 Å². The first-order valence-electron chi connectivity index (χ1n) is 10.7. The lowest BCUT2D eigenvalue weighted by molar-refractivity contribution is -0.137. The van der Waals surface area contributed by atoms with Crippen LogP contribution in [0, 0.1) is 16.7 Å². The van der Waals surface area contributed by atoms with Crippen molar-refractivity contribution in [3.05, 3.63) is 35.4 Å². The van der Waals surface area contributed by atoms with E-state index in [9.17, 15) is 26.4 Å². The molecule has 3 fully saturated rings. The molecule has 0 aromatic heterocycles. The van der Waals surface area contributed by atoms with Crippen molar-refractivity contribution in [2.75, 3.05) is 31.9 Å². The predicted octanol–water partition coefficient (Wildman–Crippen LogP) is 3.55. The maximum atomic E-state index is 13.2. The number of ketones is 1. The zero-order valence-corrected chi connectivity index (χ0v) is 18.7. The summed E-state index contributed by atoms with van der Waals surface area (Å²) in [6.45, 7) is 6.22. The van der Waals surface area contributed by atoms with Crippen LogP contribution in [0.2, 0.25) is 0 Å². The molecule has 1 aromatic rings. The van der Waals surface area contributed by atoms with Gasteiger partial charge >= 0.3 is 6.18 Å². The van der Waals surface area contributed by atoms with Crippen LogP contribution in [0.25, 0.3) is 0 Å². The van der Waals surface area contributed by atoms with Gasteiger partial charge in [-0.1, -0.05) is 26.0 Å². The van der Waals surface area contributed by atoms with Gasteiger partial charge < -0.3 is 0 Å². The average molecular weight is 459 g/mol. The molecule has 9 heteroatoms. The molecule has 1 heterocycles. The van der Waals surface area contributed by atoms with E-state index in [1.54, 1.807) is 0 Å². The number of sulfonamides is 1. The molecule has 1 saturated heterocycles. The van der Waals surface area contributed by atoms with Gasteiger partial charge in [0, 0.05) is 44.6 Å². The third kappa shape index (κ3) is 3.93. The summed E-state index contributed by atoms with van der Waals surface area (Å²) in [6.07, 6.45) is -2.30. The Morgan fingerprint density at radius 3 is 2.16 bits per heavy atom. The number of hydrogen-bond donors (Lipinski definition) is 0. The fourth-order valence-electron chi connectivity index (χ4n) is 5.73. The summed E-state index contributed by atoms with van der Waals surface area (Å²) in [5.41, 5.74) is -0.973. The molecule has 4 rings (SSSR count). The molecule has 0 spiro atoms. The standard InChI is InChI=1S/C22H29F3N2O3S/c1-20(2)18-7-8-21(20,19(28)13-18)15-31(29,30)27-11-9-26(10-12-27)14-16-3-5-17(6-4-16)22(23,24)25/h3-6,18H,7-15H2,1-2H3. The quantitative estimate of drug-likeness (QED) is 0.677. The molecule has 2 aliphatic carbocycles. The Morgan fingerprint density at radius 1 is 1.06 bits per heavy atom. The van der Waals surface area contributed by atoms with Crippen molar-refractivity contribution in [2.45, 2.75) is 45.8 Å². The number of fused-ring (bicyclic) bond motifs is 2. The normalized spacial score (nSPS) is 29.6. The number of alkyl halides is 3. The second kappa shape index (κ2) is 7.56. The minimum absolute atomic E-state index is 0.0956. The minimum Gasteiger partial charge on any atom is -0.299 e. The lowest BCUT2D eigenvalue weighted by atomic mass is 9.70. The smallest absolute Gasteiger partial charge is 0.299 e. The van der Waals surface area contributed by atoms with E-state index >= 15 is 0 Å². The number of halogens is 3. The SMILES string of the molecule is CC1(C)C2CCC1(CS(=O)(=O)N1CCN(Cc3ccc(C(F)(F)F)cc3)CC1)C(=O)C2. The van der Waals surface area contributed by atoms with Gasteiger partial charge in [-0.3, -0.25) is 9.69 Å². The highest BCUT2D eigenvalue weighted by Gasteiger charge is 2.65. The van der Waals surface area contributed by atoms with Crippen LogP contribution in [0.15, 0.2) is 24.3 Å². The molecule has 5 nitrogen and oxygen atoms in total. The number of piperazine rings is 1. The summed E-state index contributed by atoms with van der Waals surface area (Å²) in [5, 5.41) is 0. The van der Waals surface area contributed by atoms with Gasteiger partial charge in [0.2, 0.25) is 10.0 Å². The predicted molar refractivity (Wildman–Crippen MR) is 111 cm³/mol. The summed E-state index contributed by atoms with van der Waals surface area (Å²) in [4.78, 5) is 14.8. The zero-order chi connectivity index (χ0) is 22.7. The molecule has 31 heavy (non-hydrogen) atoms. The fraction of sp³-hybridized carbons (Fsp3) is 0.682. The van der Waals surface area contributed by atoms with E-state index in [0.717, 1.165) is 24.1 Å². The molecule has 0 N–H and O–H groups in total. The van der Waals surface area contributed by atoms with Crippen LogP contribution in [-0.4, -0.2) is 55.3 Å². The highest BCUT2D eigenvalue weighted by atomic mass is 32.2.